The maximum Gasteiger partial charge on any atom is 0.336 e. The number of para-hydroxylation sites is 1. The van der Waals surface area contributed by atoms with Gasteiger partial charge in [0, 0.05) is 22.0 Å². The van der Waals surface area contributed by atoms with E-state index < -0.39 is 5.63 Å². The number of nitrogens with zero attached hydrogens (tertiary/aromatic N) is 3. The van der Waals surface area contributed by atoms with E-state index in [-0.39, 0.29) is 11.4 Å². The first-order chi connectivity index (χ1) is 12.6. The highest BCUT2D eigenvalue weighted by atomic mass is 35.5. The summed E-state index contributed by atoms with van der Waals surface area (Å²) in [6.45, 7) is 0. The van der Waals surface area contributed by atoms with Gasteiger partial charge in [-0.25, -0.2) is 9.48 Å². The fraction of sp³-hybridized carbons (Fsp3) is 0. The van der Waals surface area contributed by atoms with Crippen LogP contribution < -0.4 is 11.4 Å². The molecule has 0 amide bonds. The summed E-state index contributed by atoms with van der Waals surface area (Å²) in [5.74, 6) is 0.192. The highest BCUT2D eigenvalue weighted by molar-refractivity contribution is 6.31. The third-order valence-corrected chi connectivity index (χ3v) is 4.23. The molecule has 6 nitrogen and oxygen atoms in total. The van der Waals surface area contributed by atoms with Gasteiger partial charge in [0.25, 0.3) is 0 Å². The molecule has 7 heteroatoms. The van der Waals surface area contributed by atoms with Crippen molar-refractivity contribution >= 4 is 28.4 Å². The Hall–Kier alpha value is -3.56. The number of rotatable bonds is 2. The van der Waals surface area contributed by atoms with Gasteiger partial charge in [-0.3, -0.25) is 0 Å². The van der Waals surface area contributed by atoms with Crippen LogP contribution in [0, 0.1) is 11.3 Å². The van der Waals surface area contributed by atoms with E-state index in [2.05, 4.69) is 11.2 Å². The Morgan fingerprint density at radius 1 is 1.15 bits per heavy atom. The van der Waals surface area contributed by atoms with Crippen molar-refractivity contribution in [2.45, 2.75) is 0 Å². The van der Waals surface area contributed by atoms with Crippen LogP contribution in [-0.4, -0.2) is 9.78 Å². The van der Waals surface area contributed by atoms with E-state index in [0.717, 1.165) is 0 Å². The standard InChI is InChI=1S/C19H11ClN4O2/c20-11-6-7-16-13(8-11)14(9-17(25)26-16)18-15(10-21)19(22)24(23-18)12-4-2-1-3-5-12/h1-9H,22H2. The van der Waals surface area contributed by atoms with Gasteiger partial charge in [0.15, 0.2) is 0 Å². The molecule has 0 unspecified atom stereocenters. The summed E-state index contributed by atoms with van der Waals surface area (Å²) >= 11 is 6.09. The van der Waals surface area contributed by atoms with Gasteiger partial charge in [0.1, 0.15) is 28.7 Å². The Morgan fingerprint density at radius 2 is 1.92 bits per heavy atom. The molecule has 2 aromatic carbocycles. The maximum atomic E-state index is 12.0. The van der Waals surface area contributed by atoms with Crippen LogP contribution in [0.15, 0.2) is 63.8 Å². The predicted molar refractivity (Wildman–Crippen MR) is 99.2 cm³/mol. The minimum atomic E-state index is -0.549. The number of fused-ring (bicyclic) bond motifs is 1. The van der Waals surface area contributed by atoms with Gasteiger partial charge >= 0.3 is 5.63 Å². The minimum absolute atomic E-state index is 0.181. The molecule has 4 rings (SSSR count). The second-order valence-corrected chi connectivity index (χ2v) is 6.02. The molecule has 0 bridgehead atoms. The molecule has 0 fully saturated rings. The summed E-state index contributed by atoms with van der Waals surface area (Å²) in [6.07, 6.45) is 0. The van der Waals surface area contributed by atoms with E-state index >= 15 is 0 Å². The van der Waals surface area contributed by atoms with Gasteiger partial charge in [-0.1, -0.05) is 29.8 Å². The van der Waals surface area contributed by atoms with Crippen molar-refractivity contribution in [2.75, 3.05) is 5.73 Å². The molecular weight excluding hydrogens is 352 g/mol. The number of halogens is 1. The molecule has 2 N–H and O–H groups in total. The van der Waals surface area contributed by atoms with E-state index in [4.69, 9.17) is 21.8 Å². The number of aromatic nitrogens is 2. The van der Waals surface area contributed by atoms with E-state index in [1.54, 1.807) is 18.2 Å². The van der Waals surface area contributed by atoms with Crippen molar-refractivity contribution < 1.29 is 4.42 Å². The Kier molecular flexibility index (Phi) is 3.72. The summed E-state index contributed by atoms with van der Waals surface area (Å²) in [6, 6.07) is 17.4. The van der Waals surface area contributed by atoms with Crippen molar-refractivity contribution in [3.05, 3.63) is 75.6 Å². The Balaban J connectivity index is 2.06. The first kappa shape index (κ1) is 15.9. The van der Waals surface area contributed by atoms with Crippen LogP contribution in [0.4, 0.5) is 5.82 Å². The molecule has 0 aliphatic heterocycles. The van der Waals surface area contributed by atoms with Gasteiger partial charge in [0.2, 0.25) is 0 Å². The second-order valence-electron chi connectivity index (χ2n) is 5.59. The topological polar surface area (TPSA) is 97.8 Å². The SMILES string of the molecule is N#Cc1c(-c2cc(=O)oc3ccc(Cl)cc23)nn(-c2ccccc2)c1N. The molecule has 0 saturated heterocycles. The molecule has 0 aliphatic carbocycles. The molecular formula is C19H11ClN4O2. The number of benzene rings is 2. The summed E-state index contributed by atoms with van der Waals surface area (Å²) in [5.41, 5.74) is 7.58. The van der Waals surface area contributed by atoms with Crippen LogP contribution in [0.3, 0.4) is 0 Å². The summed E-state index contributed by atoms with van der Waals surface area (Å²) in [5, 5.41) is 15.1. The average molecular weight is 363 g/mol. The lowest BCUT2D eigenvalue weighted by Gasteiger charge is -2.04. The van der Waals surface area contributed by atoms with Crippen molar-refractivity contribution in [1.29, 1.82) is 5.26 Å². The lowest BCUT2D eigenvalue weighted by Crippen LogP contribution is -2.02. The fourth-order valence-corrected chi connectivity index (χ4v) is 3.00. The minimum Gasteiger partial charge on any atom is -0.423 e. The van der Waals surface area contributed by atoms with E-state index in [1.807, 2.05) is 30.3 Å². The number of nitrogens with two attached hydrogens (primary N) is 1. The zero-order chi connectivity index (χ0) is 18.3. The van der Waals surface area contributed by atoms with Crippen LogP contribution in [0.5, 0.6) is 0 Å². The summed E-state index contributed by atoms with van der Waals surface area (Å²) < 4.78 is 6.68. The van der Waals surface area contributed by atoms with Crippen molar-refractivity contribution in [2.24, 2.45) is 0 Å². The number of nitrogen functional groups attached to an aromatic ring is 1. The maximum absolute atomic E-state index is 12.0. The van der Waals surface area contributed by atoms with Gasteiger partial charge in [-0.05, 0) is 30.3 Å². The van der Waals surface area contributed by atoms with E-state index in [0.29, 0.717) is 32.9 Å². The largest absolute Gasteiger partial charge is 0.423 e. The van der Waals surface area contributed by atoms with Gasteiger partial charge in [0.05, 0.1) is 5.69 Å². The number of hydrogen-bond donors (Lipinski definition) is 1. The number of nitriles is 1. The molecule has 2 heterocycles. The Labute approximate surface area is 152 Å². The third-order valence-electron chi connectivity index (χ3n) is 3.99. The Bertz CT molecular complexity index is 1240. The zero-order valence-corrected chi connectivity index (χ0v) is 14.1. The monoisotopic (exact) mass is 362 g/mol. The van der Waals surface area contributed by atoms with Crippen molar-refractivity contribution in [3.8, 4) is 23.0 Å². The van der Waals surface area contributed by atoms with Crippen molar-refractivity contribution in [1.82, 2.24) is 9.78 Å². The highest BCUT2D eigenvalue weighted by Crippen LogP contribution is 2.33. The smallest absolute Gasteiger partial charge is 0.336 e. The summed E-state index contributed by atoms with van der Waals surface area (Å²) in [4.78, 5) is 12.0. The highest BCUT2D eigenvalue weighted by Gasteiger charge is 2.21. The van der Waals surface area contributed by atoms with Crippen LogP contribution >= 0.6 is 11.6 Å². The van der Waals surface area contributed by atoms with Gasteiger partial charge in [-0.15, -0.1) is 0 Å². The van der Waals surface area contributed by atoms with Crippen LogP contribution in [0.1, 0.15) is 5.56 Å². The van der Waals surface area contributed by atoms with Gasteiger partial charge in [-0.2, -0.15) is 10.4 Å². The molecule has 0 saturated carbocycles. The molecule has 26 heavy (non-hydrogen) atoms. The molecule has 0 spiro atoms. The normalized spacial score (nSPS) is 10.8. The molecule has 0 aliphatic rings. The van der Waals surface area contributed by atoms with E-state index in [1.165, 1.54) is 10.7 Å². The van der Waals surface area contributed by atoms with Gasteiger partial charge < -0.3 is 10.2 Å². The average Bonchev–Trinajstić information content (AvgIpc) is 2.98. The fourth-order valence-electron chi connectivity index (χ4n) is 2.83. The van der Waals surface area contributed by atoms with Crippen LogP contribution in [0.25, 0.3) is 27.9 Å². The molecule has 0 atom stereocenters. The molecule has 2 aromatic heterocycles. The van der Waals surface area contributed by atoms with Crippen LogP contribution in [-0.2, 0) is 0 Å². The quantitative estimate of drug-likeness (QED) is 0.547. The summed E-state index contributed by atoms with van der Waals surface area (Å²) in [7, 11) is 0. The number of anilines is 1. The molecule has 126 valence electrons. The predicted octanol–water partition coefficient (Wildman–Crippen LogP) is 3.75. The first-order valence-corrected chi connectivity index (χ1v) is 8.04. The first-order valence-electron chi connectivity index (χ1n) is 7.66. The Morgan fingerprint density at radius 3 is 2.65 bits per heavy atom. The van der Waals surface area contributed by atoms with E-state index in [9.17, 15) is 10.1 Å². The number of hydrogen-bond acceptors (Lipinski definition) is 5. The lowest BCUT2D eigenvalue weighted by atomic mass is 10.0. The lowest BCUT2D eigenvalue weighted by molar-refractivity contribution is 0.561. The van der Waals surface area contributed by atoms with Crippen molar-refractivity contribution in [3.63, 3.8) is 0 Å². The van der Waals surface area contributed by atoms with Crippen LogP contribution in [0.2, 0.25) is 5.02 Å². The second kappa shape index (κ2) is 6.06. The molecule has 0 radical (unpaired) electrons. The third kappa shape index (κ3) is 2.51. The zero-order valence-electron chi connectivity index (χ0n) is 13.3. The molecule has 4 aromatic rings.